The number of hydrogen-bond acceptors (Lipinski definition) is 7. The van der Waals surface area contributed by atoms with Gasteiger partial charge in [0.05, 0.1) is 30.9 Å². The summed E-state index contributed by atoms with van der Waals surface area (Å²) in [7, 11) is 1.60. The van der Waals surface area contributed by atoms with Crippen LogP contribution >= 0.6 is 11.3 Å². The van der Waals surface area contributed by atoms with Gasteiger partial charge in [0.25, 0.3) is 0 Å². The van der Waals surface area contributed by atoms with E-state index in [9.17, 15) is 5.26 Å². The van der Waals surface area contributed by atoms with Gasteiger partial charge in [0.1, 0.15) is 11.6 Å². The number of nitriles is 1. The third-order valence-electron chi connectivity index (χ3n) is 4.74. The normalized spacial score (nSPS) is 15.4. The van der Waals surface area contributed by atoms with Gasteiger partial charge in [0.2, 0.25) is 11.8 Å². The summed E-state index contributed by atoms with van der Waals surface area (Å²) < 4.78 is 16.8. The average molecular weight is 408 g/mol. The summed E-state index contributed by atoms with van der Waals surface area (Å²) in [6, 6.07) is 11.9. The molecule has 1 aromatic carbocycles. The molecule has 2 aromatic heterocycles. The summed E-state index contributed by atoms with van der Waals surface area (Å²) in [5.74, 6) is 1.38. The van der Waals surface area contributed by atoms with Crippen LogP contribution in [0.5, 0.6) is 17.4 Å². The molecule has 0 fully saturated rings. The molecule has 3 aromatic rings. The number of hydrogen-bond donors (Lipinski definition) is 2. The van der Waals surface area contributed by atoms with Gasteiger partial charge in [0, 0.05) is 15.3 Å². The predicted molar refractivity (Wildman–Crippen MR) is 110 cm³/mol. The molecule has 0 bridgehead atoms. The number of aryl methyl sites for hydroxylation is 1. The van der Waals surface area contributed by atoms with Crippen molar-refractivity contribution in [2.24, 2.45) is 5.73 Å². The minimum absolute atomic E-state index is 0.0818. The van der Waals surface area contributed by atoms with E-state index < -0.39 is 0 Å². The predicted octanol–water partition coefficient (Wildman–Crippen LogP) is 4.07. The lowest BCUT2D eigenvalue weighted by Crippen LogP contribution is -2.20. The average Bonchev–Trinajstić information content (AvgIpc) is 3.33. The fraction of sp³-hybridized carbons (Fsp3) is 0.238. The maximum Gasteiger partial charge on any atom is 0.244 e. The maximum atomic E-state index is 9.77. The van der Waals surface area contributed by atoms with Gasteiger partial charge < -0.3 is 19.9 Å². The first kappa shape index (κ1) is 18.9. The molecule has 4 rings (SSSR count). The second-order valence-electron chi connectivity index (χ2n) is 6.49. The Hall–Kier alpha value is -3.44. The van der Waals surface area contributed by atoms with Gasteiger partial charge in [0.15, 0.2) is 11.5 Å². The smallest absolute Gasteiger partial charge is 0.244 e. The number of nitrogens with two attached hydrogens (primary N) is 1. The van der Waals surface area contributed by atoms with E-state index in [1.165, 1.54) is 0 Å². The molecule has 3 N–H and O–H groups in total. The van der Waals surface area contributed by atoms with Crippen LogP contribution in [0.25, 0.3) is 11.3 Å². The minimum atomic E-state index is -0.353. The summed E-state index contributed by atoms with van der Waals surface area (Å²) in [6.45, 7) is 4.49. The number of nitrogens with zero attached hydrogens (tertiary/aromatic N) is 2. The summed E-state index contributed by atoms with van der Waals surface area (Å²) in [5.41, 5.74) is 8.78. The summed E-state index contributed by atoms with van der Waals surface area (Å²) >= 11 is 1.62. The van der Waals surface area contributed by atoms with E-state index in [1.54, 1.807) is 18.4 Å². The largest absolute Gasteiger partial charge is 0.493 e. The zero-order valence-electron chi connectivity index (χ0n) is 16.3. The Kier molecular flexibility index (Phi) is 4.91. The zero-order chi connectivity index (χ0) is 20.5. The van der Waals surface area contributed by atoms with E-state index in [0.29, 0.717) is 29.6 Å². The van der Waals surface area contributed by atoms with Crippen molar-refractivity contribution >= 4 is 11.3 Å². The zero-order valence-corrected chi connectivity index (χ0v) is 17.1. The van der Waals surface area contributed by atoms with E-state index in [2.05, 4.69) is 16.3 Å². The van der Waals surface area contributed by atoms with Crippen LogP contribution in [0.2, 0.25) is 0 Å². The van der Waals surface area contributed by atoms with Crippen LogP contribution in [0.1, 0.15) is 28.2 Å². The molecule has 0 aliphatic carbocycles. The van der Waals surface area contributed by atoms with Crippen LogP contribution in [0.15, 0.2) is 41.8 Å². The number of thiophene rings is 1. The van der Waals surface area contributed by atoms with Gasteiger partial charge in [-0.25, -0.2) is 0 Å². The molecule has 0 spiro atoms. The number of allylic oxidation sites excluding steroid dienone is 1. The molecule has 7 nitrogen and oxygen atoms in total. The SMILES string of the molecule is CCOc1ccc(-c2[nH]nc3c2[C@H](c2ccc(C)s2)C(C#N)=C(N)O3)cc1OC. The lowest BCUT2D eigenvalue weighted by atomic mass is 9.87. The number of ether oxygens (including phenoxy) is 3. The van der Waals surface area contributed by atoms with Gasteiger partial charge in [-0.15, -0.1) is 16.4 Å². The topological polar surface area (TPSA) is 106 Å². The molecule has 8 heteroatoms. The number of nitrogens with one attached hydrogen (secondary N) is 1. The summed E-state index contributed by atoms with van der Waals surface area (Å²) in [4.78, 5) is 2.16. The van der Waals surface area contributed by atoms with Gasteiger partial charge in [-0.05, 0) is 44.2 Å². The Balaban J connectivity index is 1.88. The Bertz CT molecular complexity index is 1140. The van der Waals surface area contributed by atoms with Gasteiger partial charge in [-0.1, -0.05) is 0 Å². The number of benzene rings is 1. The monoisotopic (exact) mass is 408 g/mol. The minimum Gasteiger partial charge on any atom is -0.493 e. The highest BCUT2D eigenvalue weighted by molar-refractivity contribution is 7.12. The molecular weight excluding hydrogens is 388 g/mol. The first-order chi connectivity index (χ1) is 14.1. The summed E-state index contributed by atoms with van der Waals surface area (Å²) in [5, 5.41) is 17.1. The molecule has 0 amide bonds. The van der Waals surface area contributed by atoms with Crippen molar-refractivity contribution < 1.29 is 14.2 Å². The number of aromatic amines is 1. The molecular formula is C21H20N4O3S. The van der Waals surface area contributed by atoms with E-state index in [-0.39, 0.29) is 11.8 Å². The highest BCUT2D eigenvalue weighted by Gasteiger charge is 2.36. The quantitative estimate of drug-likeness (QED) is 0.659. The second kappa shape index (κ2) is 7.53. The molecule has 0 saturated heterocycles. The number of rotatable bonds is 5. The van der Waals surface area contributed by atoms with Gasteiger partial charge in [-0.3, -0.25) is 5.10 Å². The fourth-order valence-corrected chi connectivity index (χ4v) is 4.45. The molecule has 0 unspecified atom stereocenters. The van der Waals surface area contributed by atoms with E-state index in [0.717, 1.165) is 26.6 Å². The number of methoxy groups -OCH3 is 1. The van der Waals surface area contributed by atoms with Crippen molar-refractivity contribution in [3.63, 3.8) is 0 Å². The molecule has 3 heterocycles. The lowest BCUT2D eigenvalue weighted by Gasteiger charge is -2.23. The van der Waals surface area contributed by atoms with Crippen LogP contribution < -0.4 is 19.9 Å². The molecule has 1 atom stereocenters. The van der Waals surface area contributed by atoms with E-state index in [4.69, 9.17) is 19.9 Å². The van der Waals surface area contributed by atoms with Gasteiger partial charge >= 0.3 is 0 Å². The van der Waals surface area contributed by atoms with Crippen LogP contribution in [-0.4, -0.2) is 23.9 Å². The molecule has 0 saturated carbocycles. The lowest BCUT2D eigenvalue weighted by molar-refractivity contribution is 0.311. The second-order valence-corrected chi connectivity index (χ2v) is 7.81. The highest BCUT2D eigenvalue weighted by atomic mass is 32.1. The Morgan fingerprint density at radius 3 is 2.79 bits per heavy atom. The van der Waals surface area contributed by atoms with Crippen LogP contribution in [0, 0.1) is 18.3 Å². The van der Waals surface area contributed by atoms with E-state index >= 15 is 0 Å². The first-order valence-electron chi connectivity index (χ1n) is 9.10. The van der Waals surface area contributed by atoms with Crippen LogP contribution in [0.3, 0.4) is 0 Å². The van der Waals surface area contributed by atoms with Crippen LogP contribution in [-0.2, 0) is 0 Å². The van der Waals surface area contributed by atoms with Crippen molar-refractivity contribution in [1.82, 2.24) is 10.2 Å². The number of H-pyrrole nitrogens is 1. The maximum absolute atomic E-state index is 9.77. The molecule has 148 valence electrons. The van der Waals surface area contributed by atoms with Crippen molar-refractivity contribution in [3.8, 4) is 34.7 Å². The molecule has 1 aliphatic heterocycles. The van der Waals surface area contributed by atoms with Crippen molar-refractivity contribution in [2.45, 2.75) is 19.8 Å². The highest BCUT2D eigenvalue weighted by Crippen LogP contribution is 2.47. The van der Waals surface area contributed by atoms with Crippen molar-refractivity contribution in [3.05, 3.63) is 57.1 Å². The fourth-order valence-electron chi connectivity index (χ4n) is 3.46. The van der Waals surface area contributed by atoms with Crippen molar-refractivity contribution in [2.75, 3.05) is 13.7 Å². The van der Waals surface area contributed by atoms with Crippen LogP contribution in [0.4, 0.5) is 0 Å². The van der Waals surface area contributed by atoms with Crippen molar-refractivity contribution in [1.29, 1.82) is 5.26 Å². The molecule has 29 heavy (non-hydrogen) atoms. The Morgan fingerprint density at radius 1 is 1.31 bits per heavy atom. The first-order valence-corrected chi connectivity index (χ1v) is 9.92. The third-order valence-corrected chi connectivity index (χ3v) is 5.80. The number of aromatic nitrogens is 2. The summed E-state index contributed by atoms with van der Waals surface area (Å²) in [6.07, 6.45) is 0. The van der Waals surface area contributed by atoms with E-state index in [1.807, 2.05) is 44.2 Å². The number of fused-ring (bicyclic) bond motifs is 1. The molecule has 1 aliphatic rings. The Labute approximate surface area is 172 Å². The third kappa shape index (κ3) is 3.19. The molecule has 0 radical (unpaired) electrons. The standard InChI is InChI=1S/C21H20N4O3S/c1-4-27-14-7-6-12(9-15(14)26-3)19-18-17(16-8-5-11(2)29-16)13(10-22)20(23)28-21(18)25-24-19/h5-9,17H,4,23H2,1-3H3,(H,24,25)/t17-/m0/s1. The van der Waals surface area contributed by atoms with Gasteiger partial charge in [-0.2, -0.15) is 5.26 Å². The Morgan fingerprint density at radius 2 is 2.14 bits per heavy atom.